The highest BCUT2D eigenvalue weighted by Gasteiger charge is 2.31. The Morgan fingerprint density at radius 2 is 1.33 bits per heavy atom. The molecule has 2 rings (SSSR count). The zero-order valence-electron chi connectivity index (χ0n) is 11.4. The first-order chi connectivity index (χ1) is 8.68. The van der Waals surface area contributed by atoms with E-state index in [1.807, 2.05) is 0 Å². The third-order valence-electron chi connectivity index (χ3n) is 5.05. The Morgan fingerprint density at radius 3 is 1.94 bits per heavy atom. The molecule has 0 heterocycles. The Bertz CT molecular complexity index is 235. The van der Waals surface area contributed by atoms with Crippen LogP contribution in [0.3, 0.4) is 0 Å². The van der Waals surface area contributed by atoms with E-state index in [1.165, 1.54) is 44.9 Å². The van der Waals surface area contributed by atoms with Gasteiger partial charge in [0.2, 0.25) is 0 Å². The zero-order chi connectivity index (χ0) is 13.0. The molecular weight excluding hydrogens is 226 g/mol. The van der Waals surface area contributed by atoms with E-state index in [0.717, 1.165) is 12.8 Å². The molecular formula is C15H29NO2. The van der Waals surface area contributed by atoms with Gasteiger partial charge >= 0.3 is 0 Å². The molecule has 0 aromatic heterocycles. The molecule has 18 heavy (non-hydrogen) atoms. The van der Waals surface area contributed by atoms with Crippen LogP contribution in [0.2, 0.25) is 0 Å². The number of rotatable bonds is 5. The zero-order valence-corrected chi connectivity index (χ0v) is 11.4. The third kappa shape index (κ3) is 3.69. The van der Waals surface area contributed by atoms with Gasteiger partial charge in [0.15, 0.2) is 0 Å². The summed E-state index contributed by atoms with van der Waals surface area (Å²) in [6, 6.07) is 0.0661. The van der Waals surface area contributed by atoms with Gasteiger partial charge in [-0.2, -0.15) is 0 Å². The third-order valence-corrected chi connectivity index (χ3v) is 5.05. The molecule has 2 fully saturated rings. The Hall–Kier alpha value is -0.120. The fraction of sp³-hybridized carbons (Fsp3) is 1.00. The first-order valence-electron chi connectivity index (χ1n) is 7.80. The van der Waals surface area contributed by atoms with Gasteiger partial charge in [-0.3, -0.25) is 0 Å². The van der Waals surface area contributed by atoms with E-state index in [-0.39, 0.29) is 6.04 Å². The molecule has 0 radical (unpaired) electrons. The van der Waals surface area contributed by atoms with Crippen LogP contribution in [0.1, 0.15) is 64.2 Å². The normalized spacial score (nSPS) is 28.2. The van der Waals surface area contributed by atoms with Crippen LogP contribution >= 0.6 is 0 Å². The van der Waals surface area contributed by atoms with Crippen molar-refractivity contribution in [2.24, 2.45) is 17.6 Å². The molecule has 3 atom stereocenters. The Kier molecular flexibility index (Phi) is 5.46. The van der Waals surface area contributed by atoms with Crippen LogP contribution in [0.4, 0.5) is 0 Å². The summed E-state index contributed by atoms with van der Waals surface area (Å²) in [7, 11) is 0. The first-order valence-corrected chi connectivity index (χ1v) is 7.80. The Balaban J connectivity index is 1.76. The van der Waals surface area contributed by atoms with Crippen LogP contribution in [-0.2, 0) is 0 Å². The molecule has 2 aliphatic rings. The number of hydrogen-bond donors (Lipinski definition) is 3. The molecule has 0 aromatic rings. The molecule has 0 saturated heterocycles. The van der Waals surface area contributed by atoms with Crippen molar-refractivity contribution in [1.29, 1.82) is 0 Å². The molecule has 3 heteroatoms. The van der Waals surface area contributed by atoms with Crippen molar-refractivity contribution in [1.82, 2.24) is 0 Å². The van der Waals surface area contributed by atoms with Crippen molar-refractivity contribution in [3.05, 3.63) is 0 Å². The number of nitrogens with two attached hydrogens (primary N) is 1. The minimum absolute atomic E-state index is 0.0661. The number of aliphatic hydroxyl groups is 2. The maximum absolute atomic E-state index is 10.2. The molecule has 4 N–H and O–H groups in total. The van der Waals surface area contributed by atoms with E-state index >= 15 is 0 Å². The second kappa shape index (κ2) is 6.88. The van der Waals surface area contributed by atoms with Crippen LogP contribution < -0.4 is 5.73 Å². The molecule has 106 valence electrons. The lowest BCUT2D eigenvalue weighted by Gasteiger charge is -2.31. The summed E-state index contributed by atoms with van der Waals surface area (Å²) in [6.45, 7) is 0. The van der Waals surface area contributed by atoms with Crippen molar-refractivity contribution >= 4 is 0 Å². The predicted molar refractivity (Wildman–Crippen MR) is 73.1 cm³/mol. The fourth-order valence-electron chi connectivity index (χ4n) is 3.79. The van der Waals surface area contributed by atoms with E-state index in [1.54, 1.807) is 0 Å². The van der Waals surface area contributed by atoms with E-state index in [4.69, 9.17) is 5.73 Å². The molecule has 0 aliphatic heterocycles. The van der Waals surface area contributed by atoms with E-state index in [2.05, 4.69) is 0 Å². The molecule has 3 unspecified atom stereocenters. The molecule has 0 amide bonds. The van der Waals surface area contributed by atoms with Crippen LogP contribution in [0.15, 0.2) is 0 Å². The summed E-state index contributed by atoms with van der Waals surface area (Å²) < 4.78 is 0. The van der Waals surface area contributed by atoms with Crippen molar-refractivity contribution < 1.29 is 10.2 Å². The molecule has 3 nitrogen and oxygen atoms in total. The average molecular weight is 255 g/mol. The van der Waals surface area contributed by atoms with E-state index in [0.29, 0.717) is 18.3 Å². The Labute approximate surface area is 111 Å². The maximum atomic E-state index is 10.2. The Morgan fingerprint density at radius 1 is 0.833 bits per heavy atom. The minimum atomic E-state index is -0.620. The van der Waals surface area contributed by atoms with E-state index in [9.17, 15) is 10.2 Å². The van der Waals surface area contributed by atoms with Crippen LogP contribution in [0.5, 0.6) is 0 Å². The highest BCUT2D eigenvalue weighted by atomic mass is 16.3. The van der Waals surface area contributed by atoms with Gasteiger partial charge in [-0.15, -0.1) is 0 Å². The number of aliphatic hydroxyl groups excluding tert-OH is 2. The van der Waals surface area contributed by atoms with Crippen molar-refractivity contribution in [2.75, 3.05) is 0 Å². The molecule has 0 spiro atoms. The van der Waals surface area contributed by atoms with Gasteiger partial charge < -0.3 is 15.9 Å². The quantitative estimate of drug-likeness (QED) is 0.705. The summed E-state index contributed by atoms with van der Waals surface area (Å²) in [5, 5.41) is 20.3. The van der Waals surface area contributed by atoms with Crippen LogP contribution in [-0.4, -0.2) is 28.5 Å². The van der Waals surface area contributed by atoms with Gasteiger partial charge in [-0.25, -0.2) is 0 Å². The lowest BCUT2D eigenvalue weighted by Crippen LogP contribution is -2.41. The van der Waals surface area contributed by atoms with Gasteiger partial charge in [0.1, 0.15) is 0 Å². The molecule has 2 aliphatic carbocycles. The molecule has 0 bridgehead atoms. The average Bonchev–Trinajstić information content (AvgIpc) is 2.92. The van der Waals surface area contributed by atoms with Gasteiger partial charge in [0, 0.05) is 6.04 Å². The fourth-order valence-corrected chi connectivity index (χ4v) is 3.79. The lowest BCUT2D eigenvalue weighted by atomic mass is 9.81. The van der Waals surface area contributed by atoms with Crippen LogP contribution in [0, 0.1) is 11.8 Å². The maximum Gasteiger partial charge on any atom is 0.0827 e. The molecule has 2 saturated carbocycles. The second-order valence-corrected chi connectivity index (χ2v) is 6.40. The van der Waals surface area contributed by atoms with Crippen molar-refractivity contribution in [2.45, 2.75) is 82.5 Å². The second-order valence-electron chi connectivity index (χ2n) is 6.40. The first kappa shape index (κ1) is 14.3. The SMILES string of the molecule is NC(CC(O)C(O)C1CCCC1)C1CCCCC1. The summed E-state index contributed by atoms with van der Waals surface area (Å²) in [5.41, 5.74) is 6.21. The predicted octanol–water partition coefficient (Wildman–Crippen LogP) is 2.20. The lowest BCUT2D eigenvalue weighted by molar-refractivity contribution is -0.0257. The topological polar surface area (TPSA) is 66.5 Å². The van der Waals surface area contributed by atoms with Crippen molar-refractivity contribution in [3.63, 3.8) is 0 Å². The summed E-state index contributed by atoms with van der Waals surface area (Å²) >= 11 is 0. The molecule has 0 aromatic carbocycles. The summed E-state index contributed by atoms with van der Waals surface area (Å²) in [4.78, 5) is 0. The summed E-state index contributed by atoms with van der Waals surface area (Å²) in [5.74, 6) is 0.864. The number of hydrogen-bond acceptors (Lipinski definition) is 3. The van der Waals surface area contributed by atoms with Crippen LogP contribution in [0.25, 0.3) is 0 Å². The van der Waals surface area contributed by atoms with E-state index < -0.39 is 12.2 Å². The van der Waals surface area contributed by atoms with Gasteiger partial charge in [-0.05, 0) is 43.9 Å². The smallest absolute Gasteiger partial charge is 0.0827 e. The highest BCUT2D eigenvalue weighted by molar-refractivity contribution is 4.85. The van der Waals surface area contributed by atoms with Gasteiger partial charge in [0.25, 0.3) is 0 Å². The van der Waals surface area contributed by atoms with Gasteiger partial charge in [0.05, 0.1) is 12.2 Å². The highest BCUT2D eigenvalue weighted by Crippen LogP contribution is 2.32. The minimum Gasteiger partial charge on any atom is -0.390 e. The van der Waals surface area contributed by atoms with Crippen molar-refractivity contribution in [3.8, 4) is 0 Å². The largest absolute Gasteiger partial charge is 0.390 e. The monoisotopic (exact) mass is 255 g/mol. The summed E-state index contributed by atoms with van der Waals surface area (Å²) in [6.07, 6.45) is 10.2. The standard InChI is InChI=1S/C15H29NO2/c16-13(11-6-2-1-3-7-11)10-14(17)15(18)12-8-4-5-9-12/h11-15,17-18H,1-10,16H2. The van der Waals surface area contributed by atoms with Gasteiger partial charge in [-0.1, -0.05) is 32.1 Å².